The molecule has 0 N–H and O–H groups in total. The van der Waals surface area contributed by atoms with E-state index in [1.807, 2.05) is 0 Å². The first-order valence-corrected chi connectivity index (χ1v) is 5.91. The van der Waals surface area contributed by atoms with Crippen molar-refractivity contribution >= 4 is 0 Å². The summed E-state index contributed by atoms with van der Waals surface area (Å²) in [6.45, 7) is 7.49. The first kappa shape index (κ1) is 11.5. The fraction of sp³-hybridized carbons (Fsp3) is 0.917. The average Bonchev–Trinajstić information content (AvgIpc) is 2.23. The van der Waals surface area contributed by atoms with Gasteiger partial charge in [-0.2, -0.15) is 5.26 Å². The summed E-state index contributed by atoms with van der Waals surface area (Å²) in [6, 6.07) is 2.24. The van der Waals surface area contributed by atoms with E-state index >= 15 is 0 Å². The molecule has 0 aromatic heterocycles. The van der Waals surface area contributed by atoms with Gasteiger partial charge in [-0.05, 0) is 37.8 Å². The Hall–Kier alpha value is -0.550. The molecule has 0 aromatic carbocycles. The Morgan fingerprint density at radius 1 is 1.29 bits per heavy atom. The van der Waals surface area contributed by atoms with Crippen LogP contribution in [0.3, 0.4) is 0 Å². The first-order valence-electron chi connectivity index (χ1n) is 5.91. The predicted molar refractivity (Wildman–Crippen MR) is 58.8 cm³/mol. The molecule has 1 aliphatic rings. The number of nitriles is 1. The van der Waals surface area contributed by atoms with E-state index in [0.29, 0.717) is 6.54 Å². The lowest BCUT2D eigenvalue weighted by Gasteiger charge is -2.34. The molecule has 0 amide bonds. The summed E-state index contributed by atoms with van der Waals surface area (Å²) in [4.78, 5) is 2.28. The molecule has 2 heteroatoms. The molecule has 1 heterocycles. The Bertz CT molecular complexity index is 183. The van der Waals surface area contributed by atoms with Gasteiger partial charge in [0.25, 0.3) is 0 Å². The molecule has 0 spiro atoms. The van der Waals surface area contributed by atoms with Crippen molar-refractivity contribution in [3.8, 4) is 6.07 Å². The first-order chi connectivity index (χ1) is 6.81. The van der Waals surface area contributed by atoms with Crippen molar-refractivity contribution in [2.45, 2.75) is 39.5 Å². The molecule has 0 aliphatic carbocycles. The summed E-state index contributed by atoms with van der Waals surface area (Å²) >= 11 is 0. The van der Waals surface area contributed by atoms with E-state index in [0.717, 1.165) is 24.9 Å². The monoisotopic (exact) mass is 194 g/mol. The lowest BCUT2D eigenvalue weighted by atomic mass is 9.81. The third-order valence-corrected chi connectivity index (χ3v) is 3.64. The zero-order valence-electron chi connectivity index (χ0n) is 9.50. The summed E-state index contributed by atoms with van der Waals surface area (Å²) in [5, 5.41) is 8.59. The predicted octanol–water partition coefficient (Wildman–Crippen LogP) is 2.66. The van der Waals surface area contributed by atoms with Gasteiger partial charge in [-0.25, -0.2) is 0 Å². The Kier molecular flexibility index (Phi) is 4.97. The van der Waals surface area contributed by atoms with E-state index in [-0.39, 0.29) is 0 Å². The molecule has 0 unspecified atom stereocenters. The van der Waals surface area contributed by atoms with E-state index in [2.05, 4.69) is 24.8 Å². The maximum atomic E-state index is 8.59. The summed E-state index contributed by atoms with van der Waals surface area (Å²) in [6.07, 6.45) is 5.24. The van der Waals surface area contributed by atoms with Crippen LogP contribution in [0, 0.1) is 23.2 Å². The number of hydrogen-bond acceptors (Lipinski definition) is 2. The maximum absolute atomic E-state index is 8.59. The van der Waals surface area contributed by atoms with Gasteiger partial charge in [-0.15, -0.1) is 0 Å². The van der Waals surface area contributed by atoms with Crippen molar-refractivity contribution in [1.29, 1.82) is 5.26 Å². The van der Waals surface area contributed by atoms with Crippen molar-refractivity contribution in [3.05, 3.63) is 0 Å². The number of piperidine rings is 1. The largest absolute Gasteiger partial charge is 0.291 e. The Morgan fingerprint density at radius 3 is 2.29 bits per heavy atom. The van der Waals surface area contributed by atoms with Crippen molar-refractivity contribution in [1.82, 2.24) is 4.90 Å². The average molecular weight is 194 g/mol. The molecule has 1 saturated heterocycles. The minimum atomic E-state index is 0.621. The lowest BCUT2D eigenvalue weighted by molar-refractivity contribution is 0.154. The second-order valence-electron chi connectivity index (χ2n) is 4.35. The SMILES string of the molecule is CCC(CC)C1CCN(CC#N)CC1. The topological polar surface area (TPSA) is 27.0 Å². The highest BCUT2D eigenvalue weighted by molar-refractivity contribution is 4.82. The van der Waals surface area contributed by atoms with Crippen LogP contribution >= 0.6 is 0 Å². The highest BCUT2D eigenvalue weighted by Crippen LogP contribution is 2.29. The van der Waals surface area contributed by atoms with Crippen molar-refractivity contribution in [3.63, 3.8) is 0 Å². The second kappa shape index (κ2) is 6.03. The maximum Gasteiger partial charge on any atom is 0.0865 e. The minimum Gasteiger partial charge on any atom is -0.291 e. The van der Waals surface area contributed by atoms with Crippen LogP contribution < -0.4 is 0 Å². The van der Waals surface area contributed by atoms with Crippen molar-refractivity contribution in [2.24, 2.45) is 11.8 Å². The molecule has 1 aliphatic heterocycles. The highest BCUT2D eigenvalue weighted by Gasteiger charge is 2.23. The van der Waals surface area contributed by atoms with E-state index in [4.69, 9.17) is 5.26 Å². The van der Waals surface area contributed by atoms with Crippen LogP contribution in [0.2, 0.25) is 0 Å². The fourth-order valence-electron chi connectivity index (χ4n) is 2.64. The summed E-state index contributed by atoms with van der Waals surface area (Å²) in [5.74, 6) is 1.83. The molecule has 80 valence electrons. The Balaban J connectivity index is 2.31. The third-order valence-electron chi connectivity index (χ3n) is 3.64. The standard InChI is InChI=1S/C12H22N2/c1-3-11(4-2)12-5-8-14(9-6-12)10-7-13/h11-12H,3-6,8-10H2,1-2H3. The normalized spacial score (nSPS) is 19.9. The molecule has 0 atom stereocenters. The van der Waals surface area contributed by atoms with Crippen LogP contribution in [0.1, 0.15) is 39.5 Å². The smallest absolute Gasteiger partial charge is 0.0865 e. The zero-order chi connectivity index (χ0) is 10.4. The molecule has 2 nitrogen and oxygen atoms in total. The molecule has 14 heavy (non-hydrogen) atoms. The summed E-state index contributed by atoms with van der Waals surface area (Å²) < 4.78 is 0. The molecule has 0 aromatic rings. The van der Waals surface area contributed by atoms with E-state index in [1.54, 1.807) is 0 Å². The quantitative estimate of drug-likeness (QED) is 0.643. The van der Waals surface area contributed by atoms with Crippen LogP contribution in [-0.4, -0.2) is 24.5 Å². The van der Waals surface area contributed by atoms with Gasteiger partial charge in [0, 0.05) is 0 Å². The Labute approximate surface area is 87.9 Å². The molecule has 0 radical (unpaired) electrons. The minimum absolute atomic E-state index is 0.621. The molecule has 0 saturated carbocycles. The van der Waals surface area contributed by atoms with E-state index < -0.39 is 0 Å². The van der Waals surface area contributed by atoms with Gasteiger partial charge < -0.3 is 0 Å². The van der Waals surface area contributed by atoms with Crippen LogP contribution in [-0.2, 0) is 0 Å². The number of nitrogens with zero attached hydrogens (tertiary/aromatic N) is 2. The number of rotatable bonds is 4. The van der Waals surface area contributed by atoms with Crippen LogP contribution in [0.5, 0.6) is 0 Å². The summed E-state index contributed by atoms with van der Waals surface area (Å²) in [5.41, 5.74) is 0. The molecule has 1 fully saturated rings. The van der Waals surface area contributed by atoms with Crippen LogP contribution in [0.15, 0.2) is 0 Å². The Morgan fingerprint density at radius 2 is 1.86 bits per heavy atom. The third kappa shape index (κ3) is 2.99. The molecule has 0 bridgehead atoms. The highest BCUT2D eigenvalue weighted by atomic mass is 15.1. The van der Waals surface area contributed by atoms with Gasteiger partial charge in [0.15, 0.2) is 0 Å². The van der Waals surface area contributed by atoms with Crippen LogP contribution in [0.4, 0.5) is 0 Å². The lowest BCUT2D eigenvalue weighted by Crippen LogP contribution is -2.36. The zero-order valence-corrected chi connectivity index (χ0v) is 9.50. The van der Waals surface area contributed by atoms with E-state index in [9.17, 15) is 0 Å². The molecular weight excluding hydrogens is 172 g/mol. The van der Waals surface area contributed by atoms with Gasteiger partial charge >= 0.3 is 0 Å². The van der Waals surface area contributed by atoms with E-state index in [1.165, 1.54) is 25.7 Å². The van der Waals surface area contributed by atoms with Crippen LogP contribution in [0.25, 0.3) is 0 Å². The number of hydrogen-bond donors (Lipinski definition) is 0. The van der Waals surface area contributed by atoms with Crippen molar-refractivity contribution in [2.75, 3.05) is 19.6 Å². The van der Waals surface area contributed by atoms with Gasteiger partial charge in [-0.3, -0.25) is 4.90 Å². The van der Waals surface area contributed by atoms with Gasteiger partial charge in [-0.1, -0.05) is 26.7 Å². The van der Waals surface area contributed by atoms with Gasteiger partial charge in [0.1, 0.15) is 0 Å². The molecule has 1 rings (SSSR count). The second-order valence-corrected chi connectivity index (χ2v) is 4.35. The van der Waals surface area contributed by atoms with Gasteiger partial charge in [0.2, 0.25) is 0 Å². The molecular formula is C12H22N2. The summed E-state index contributed by atoms with van der Waals surface area (Å²) in [7, 11) is 0. The number of likely N-dealkylation sites (tertiary alicyclic amines) is 1. The fourth-order valence-corrected chi connectivity index (χ4v) is 2.64. The van der Waals surface area contributed by atoms with Gasteiger partial charge in [0.05, 0.1) is 12.6 Å². The van der Waals surface area contributed by atoms with Crippen molar-refractivity contribution < 1.29 is 0 Å².